The van der Waals surface area contributed by atoms with Crippen LogP contribution in [0.4, 0.5) is 5.13 Å². The van der Waals surface area contributed by atoms with Crippen molar-refractivity contribution in [3.05, 3.63) is 60.1 Å². The Kier molecular flexibility index (Phi) is 4.91. The van der Waals surface area contributed by atoms with E-state index in [1.165, 1.54) is 5.56 Å². The minimum atomic E-state index is 0.635. The van der Waals surface area contributed by atoms with Crippen LogP contribution in [-0.4, -0.2) is 16.0 Å². The number of hydrogen-bond donors (Lipinski definition) is 1. The molecule has 3 aromatic rings. The van der Waals surface area contributed by atoms with Crippen LogP contribution in [0, 0.1) is 0 Å². The van der Waals surface area contributed by atoms with Gasteiger partial charge < -0.3 is 9.73 Å². The van der Waals surface area contributed by atoms with E-state index in [-0.39, 0.29) is 0 Å². The maximum absolute atomic E-state index is 5.26. The minimum Gasteiger partial charge on any atom is -0.467 e. The van der Waals surface area contributed by atoms with Crippen molar-refractivity contribution in [2.24, 2.45) is 0 Å². The number of aryl methyl sites for hydroxylation is 1. The van der Waals surface area contributed by atoms with Gasteiger partial charge in [-0.15, -0.1) is 10.2 Å². The maximum Gasteiger partial charge on any atom is 0.206 e. The molecule has 21 heavy (non-hydrogen) atoms. The van der Waals surface area contributed by atoms with Gasteiger partial charge in [0, 0.05) is 5.75 Å². The summed E-state index contributed by atoms with van der Waals surface area (Å²) in [6.45, 7) is 0.635. The summed E-state index contributed by atoms with van der Waals surface area (Å²) in [5, 5.41) is 12.4. The SMILES string of the molecule is c1ccc(CCSc2nnc(NCc3ccco3)s2)cc1. The lowest BCUT2D eigenvalue weighted by molar-refractivity contribution is 0.518. The second kappa shape index (κ2) is 7.28. The fourth-order valence-corrected chi connectivity index (χ4v) is 3.62. The van der Waals surface area contributed by atoms with Crippen molar-refractivity contribution in [2.75, 3.05) is 11.1 Å². The molecule has 0 saturated heterocycles. The fraction of sp³-hybridized carbons (Fsp3) is 0.200. The smallest absolute Gasteiger partial charge is 0.206 e. The van der Waals surface area contributed by atoms with Crippen molar-refractivity contribution in [1.82, 2.24) is 10.2 Å². The first-order chi connectivity index (χ1) is 10.4. The highest BCUT2D eigenvalue weighted by molar-refractivity contribution is 8.01. The zero-order chi connectivity index (χ0) is 14.3. The van der Waals surface area contributed by atoms with Crippen LogP contribution in [0.3, 0.4) is 0 Å². The number of furan rings is 1. The van der Waals surface area contributed by atoms with Crippen LogP contribution in [0.1, 0.15) is 11.3 Å². The fourth-order valence-electron chi connectivity index (χ4n) is 1.82. The molecule has 0 radical (unpaired) electrons. The summed E-state index contributed by atoms with van der Waals surface area (Å²) in [7, 11) is 0. The van der Waals surface area contributed by atoms with E-state index in [0.717, 1.165) is 27.4 Å². The third-order valence-electron chi connectivity index (χ3n) is 2.86. The minimum absolute atomic E-state index is 0.635. The van der Waals surface area contributed by atoms with E-state index in [4.69, 9.17) is 4.42 Å². The number of benzene rings is 1. The van der Waals surface area contributed by atoms with Gasteiger partial charge >= 0.3 is 0 Å². The molecule has 1 aromatic carbocycles. The lowest BCUT2D eigenvalue weighted by Gasteiger charge is -1.98. The lowest BCUT2D eigenvalue weighted by atomic mass is 10.2. The van der Waals surface area contributed by atoms with Gasteiger partial charge in [-0.3, -0.25) is 0 Å². The molecule has 0 aliphatic heterocycles. The second-order valence-corrected chi connectivity index (χ2v) is 6.71. The van der Waals surface area contributed by atoms with E-state index in [0.29, 0.717) is 6.54 Å². The summed E-state index contributed by atoms with van der Waals surface area (Å²) >= 11 is 3.32. The van der Waals surface area contributed by atoms with Crippen LogP contribution in [-0.2, 0) is 13.0 Å². The first-order valence-electron chi connectivity index (χ1n) is 6.66. The molecule has 0 fully saturated rings. The summed E-state index contributed by atoms with van der Waals surface area (Å²) < 4.78 is 6.26. The average Bonchev–Trinajstić information content (AvgIpc) is 3.18. The van der Waals surface area contributed by atoms with Gasteiger partial charge in [-0.2, -0.15) is 0 Å². The van der Waals surface area contributed by atoms with Gasteiger partial charge in [0.15, 0.2) is 4.34 Å². The monoisotopic (exact) mass is 317 g/mol. The quantitative estimate of drug-likeness (QED) is 0.665. The van der Waals surface area contributed by atoms with Gasteiger partial charge in [0.2, 0.25) is 5.13 Å². The Morgan fingerprint density at radius 2 is 2.00 bits per heavy atom. The molecular weight excluding hydrogens is 302 g/mol. The van der Waals surface area contributed by atoms with Crippen molar-refractivity contribution in [2.45, 2.75) is 17.3 Å². The topological polar surface area (TPSA) is 51.0 Å². The van der Waals surface area contributed by atoms with Gasteiger partial charge in [-0.05, 0) is 24.1 Å². The lowest BCUT2D eigenvalue weighted by Crippen LogP contribution is -1.96. The molecule has 1 N–H and O–H groups in total. The molecule has 0 amide bonds. The van der Waals surface area contributed by atoms with Crippen molar-refractivity contribution in [3.63, 3.8) is 0 Å². The summed E-state index contributed by atoms with van der Waals surface area (Å²) in [5.74, 6) is 1.90. The molecule has 0 aliphatic carbocycles. The predicted octanol–water partition coefficient (Wildman–Crippen LogP) is 4.08. The van der Waals surface area contributed by atoms with Crippen LogP contribution < -0.4 is 5.32 Å². The molecule has 0 spiro atoms. The number of nitrogens with zero attached hydrogens (tertiary/aromatic N) is 2. The highest BCUT2D eigenvalue weighted by atomic mass is 32.2. The highest BCUT2D eigenvalue weighted by Gasteiger charge is 2.05. The molecule has 2 heterocycles. The molecule has 4 nitrogen and oxygen atoms in total. The Morgan fingerprint density at radius 1 is 1.10 bits per heavy atom. The molecule has 108 valence electrons. The van der Waals surface area contributed by atoms with Crippen molar-refractivity contribution < 1.29 is 4.42 Å². The summed E-state index contributed by atoms with van der Waals surface area (Å²) in [5.41, 5.74) is 1.35. The molecular formula is C15H15N3OS2. The van der Waals surface area contributed by atoms with Crippen LogP contribution in [0.25, 0.3) is 0 Å². The van der Waals surface area contributed by atoms with E-state index in [1.807, 2.05) is 18.2 Å². The van der Waals surface area contributed by atoms with Gasteiger partial charge in [-0.1, -0.05) is 53.4 Å². The Hall–Kier alpha value is -1.79. The van der Waals surface area contributed by atoms with Gasteiger partial charge in [0.05, 0.1) is 12.8 Å². The molecule has 2 aromatic heterocycles. The zero-order valence-electron chi connectivity index (χ0n) is 11.4. The number of rotatable bonds is 7. The molecule has 0 saturated carbocycles. The first-order valence-corrected chi connectivity index (χ1v) is 8.47. The van der Waals surface area contributed by atoms with E-state index in [2.05, 4.69) is 39.8 Å². The molecule has 3 rings (SSSR count). The highest BCUT2D eigenvalue weighted by Crippen LogP contribution is 2.26. The Bertz CT molecular complexity index is 653. The standard InChI is InChI=1S/C15H15N3OS2/c1-2-5-12(6-3-1)8-10-20-15-18-17-14(21-15)16-11-13-7-4-9-19-13/h1-7,9H,8,10-11H2,(H,16,17). The maximum atomic E-state index is 5.26. The number of hydrogen-bond acceptors (Lipinski definition) is 6. The second-order valence-electron chi connectivity index (χ2n) is 4.39. The van der Waals surface area contributed by atoms with Crippen molar-refractivity contribution in [3.8, 4) is 0 Å². The van der Waals surface area contributed by atoms with Crippen molar-refractivity contribution >= 4 is 28.2 Å². The van der Waals surface area contributed by atoms with E-state index in [1.54, 1.807) is 29.4 Å². The van der Waals surface area contributed by atoms with Gasteiger partial charge in [0.25, 0.3) is 0 Å². The van der Waals surface area contributed by atoms with E-state index >= 15 is 0 Å². The van der Waals surface area contributed by atoms with Crippen LogP contribution in [0.15, 0.2) is 57.5 Å². The number of thioether (sulfide) groups is 1. The van der Waals surface area contributed by atoms with Gasteiger partial charge in [0.1, 0.15) is 5.76 Å². The number of aromatic nitrogens is 2. The normalized spacial score (nSPS) is 10.7. The largest absolute Gasteiger partial charge is 0.467 e. The Labute approximate surface area is 131 Å². The molecule has 0 unspecified atom stereocenters. The molecule has 0 bridgehead atoms. The molecule has 6 heteroatoms. The third-order valence-corrected chi connectivity index (χ3v) is 4.88. The molecule has 0 atom stereocenters. The van der Waals surface area contributed by atoms with Crippen LogP contribution in [0.5, 0.6) is 0 Å². The summed E-state index contributed by atoms with van der Waals surface area (Å²) in [6.07, 6.45) is 2.71. The van der Waals surface area contributed by atoms with Crippen LogP contribution >= 0.6 is 23.1 Å². The Morgan fingerprint density at radius 3 is 2.81 bits per heavy atom. The average molecular weight is 317 g/mol. The Balaban J connectivity index is 1.44. The van der Waals surface area contributed by atoms with Crippen LogP contribution in [0.2, 0.25) is 0 Å². The first kappa shape index (κ1) is 14.2. The zero-order valence-corrected chi connectivity index (χ0v) is 13.0. The number of nitrogens with one attached hydrogen (secondary N) is 1. The number of anilines is 1. The third kappa shape index (κ3) is 4.34. The van der Waals surface area contributed by atoms with Gasteiger partial charge in [-0.25, -0.2) is 0 Å². The summed E-state index contributed by atoms with van der Waals surface area (Å²) in [4.78, 5) is 0. The summed E-state index contributed by atoms with van der Waals surface area (Å²) in [6, 6.07) is 14.3. The van der Waals surface area contributed by atoms with E-state index in [9.17, 15) is 0 Å². The molecule has 0 aliphatic rings. The predicted molar refractivity (Wildman–Crippen MR) is 86.8 cm³/mol. The van der Waals surface area contributed by atoms with Crippen molar-refractivity contribution in [1.29, 1.82) is 0 Å². The van der Waals surface area contributed by atoms with E-state index < -0.39 is 0 Å².